The van der Waals surface area contributed by atoms with Gasteiger partial charge in [-0.05, 0) is 36.2 Å². The summed E-state index contributed by atoms with van der Waals surface area (Å²) in [7, 11) is 0. The Balaban J connectivity index is 2.29. The lowest BCUT2D eigenvalue weighted by atomic mass is 10.1. The van der Waals surface area contributed by atoms with Gasteiger partial charge in [0.05, 0.1) is 0 Å². The Kier molecular flexibility index (Phi) is 7.70. The lowest BCUT2D eigenvalue weighted by molar-refractivity contribution is -0.153. The van der Waals surface area contributed by atoms with Crippen LogP contribution in [0.5, 0.6) is 11.5 Å². The van der Waals surface area contributed by atoms with E-state index in [1.165, 1.54) is 23.1 Å². The molecule has 0 aromatic heterocycles. The molecule has 166 valence electrons. The van der Waals surface area contributed by atoms with Crippen LogP contribution in [0.4, 0.5) is 4.79 Å². The zero-order valence-electron chi connectivity index (χ0n) is 17.0. The number of amides is 4. The van der Waals surface area contributed by atoms with Crippen molar-refractivity contribution in [3.8, 4) is 11.5 Å². The van der Waals surface area contributed by atoms with Gasteiger partial charge in [0.2, 0.25) is 5.24 Å². The maximum atomic E-state index is 12.6. The summed E-state index contributed by atoms with van der Waals surface area (Å²) < 4.78 is 9.94. The fraction of sp³-hybridized carbons (Fsp3) is 0.368. The summed E-state index contributed by atoms with van der Waals surface area (Å²) in [6, 6.07) is 1.32. The van der Waals surface area contributed by atoms with E-state index in [0.717, 1.165) is 13.8 Å². The number of rotatable bonds is 6. The van der Waals surface area contributed by atoms with Crippen molar-refractivity contribution in [1.29, 1.82) is 0 Å². The molecule has 31 heavy (non-hydrogen) atoms. The van der Waals surface area contributed by atoms with Gasteiger partial charge < -0.3 is 19.7 Å². The maximum absolute atomic E-state index is 12.6. The molecule has 1 aliphatic heterocycles. The summed E-state index contributed by atoms with van der Waals surface area (Å²) in [5.74, 6) is -3.53. The number of carbonyl (C=O) groups is 6. The predicted octanol–water partition coefficient (Wildman–Crippen LogP) is 0.744. The predicted molar refractivity (Wildman–Crippen MR) is 105 cm³/mol. The Bertz CT molecular complexity index is 948. The van der Waals surface area contributed by atoms with Crippen molar-refractivity contribution >= 4 is 46.6 Å². The van der Waals surface area contributed by atoms with Gasteiger partial charge in [-0.2, -0.15) is 0 Å². The van der Waals surface area contributed by atoms with Crippen molar-refractivity contribution in [2.24, 2.45) is 0 Å². The van der Waals surface area contributed by atoms with E-state index in [-0.39, 0.29) is 30.2 Å². The lowest BCUT2D eigenvalue weighted by Gasteiger charge is -2.32. The van der Waals surface area contributed by atoms with Crippen LogP contribution in [0.3, 0.4) is 0 Å². The monoisotopic (exact) mass is 453 g/mol. The summed E-state index contributed by atoms with van der Waals surface area (Å²) in [5, 5.41) is 1.29. The van der Waals surface area contributed by atoms with Crippen molar-refractivity contribution in [2.45, 2.75) is 26.8 Å². The van der Waals surface area contributed by atoms with Gasteiger partial charge in [-0.3, -0.25) is 28.9 Å². The maximum Gasteiger partial charge on any atom is 0.325 e. The van der Waals surface area contributed by atoms with E-state index in [4.69, 9.17) is 21.1 Å². The Morgan fingerprint density at radius 3 is 2.19 bits per heavy atom. The van der Waals surface area contributed by atoms with Crippen LogP contribution in [-0.2, 0) is 24.0 Å². The van der Waals surface area contributed by atoms with Gasteiger partial charge in [-0.25, -0.2) is 4.79 Å². The molecule has 0 saturated carbocycles. The largest absolute Gasteiger partial charge is 0.423 e. The number of esters is 2. The minimum atomic E-state index is -1.44. The van der Waals surface area contributed by atoms with Crippen molar-refractivity contribution in [3.05, 3.63) is 23.8 Å². The van der Waals surface area contributed by atoms with E-state index in [1.54, 1.807) is 6.92 Å². The first-order valence-electron chi connectivity index (χ1n) is 9.16. The van der Waals surface area contributed by atoms with E-state index in [0.29, 0.717) is 11.4 Å². The van der Waals surface area contributed by atoms with E-state index < -0.39 is 41.1 Å². The molecule has 4 amide bonds. The summed E-state index contributed by atoms with van der Waals surface area (Å²) in [6.45, 7) is 4.38. The van der Waals surface area contributed by atoms with Crippen LogP contribution in [0.15, 0.2) is 18.2 Å². The zero-order valence-corrected chi connectivity index (χ0v) is 17.7. The molecule has 1 aliphatic rings. The van der Waals surface area contributed by atoms with Crippen molar-refractivity contribution in [1.82, 2.24) is 15.1 Å². The summed E-state index contributed by atoms with van der Waals surface area (Å²) in [4.78, 5) is 73.3. The van der Waals surface area contributed by atoms with Crippen molar-refractivity contribution < 1.29 is 38.2 Å². The highest BCUT2D eigenvalue weighted by atomic mass is 35.5. The third-order valence-electron chi connectivity index (χ3n) is 4.24. The average molecular weight is 454 g/mol. The number of halogens is 1. The standard InChI is InChI=1S/C19H20ClN3O8/c1-4-22-7-8-23(18(28)17(22)27)19(29)21-15(16(20)26)12-5-6-13(30-10(2)24)14(9-12)31-11(3)25/h5-6,9,15H,4,7-8H2,1-3H3,(H,21,29)/t15-/m1/s1. The first-order valence-corrected chi connectivity index (χ1v) is 9.54. The molecule has 12 heteroatoms. The van der Waals surface area contributed by atoms with E-state index >= 15 is 0 Å². The van der Waals surface area contributed by atoms with Crippen LogP contribution in [0, 0.1) is 0 Å². The molecule has 1 N–H and O–H groups in total. The highest BCUT2D eigenvalue weighted by molar-refractivity contribution is 6.64. The van der Waals surface area contributed by atoms with E-state index in [2.05, 4.69) is 5.32 Å². The number of urea groups is 1. The Morgan fingerprint density at radius 2 is 1.65 bits per heavy atom. The molecule has 1 aromatic carbocycles. The second kappa shape index (κ2) is 10.0. The van der Waals surface area contributed by atoms with Gasteiger partial charge in [-0.1, -0.05) is 6.07 Å². The number of benzene rings is 1. The summed E-state index contributed by atoms with van der Waals surface area (Å²) >= 11 is 5.63. The second-order valence-corrected chi connectivity index (χ2v) is 6.79. The number of carbonyl (C=O) groups excluding carboxylic acids is 6. The molecule has 2 rings (SSSR count). The quantitative estimate of drug-likeness (QED) is 0.288. The smallest absolute Gasteiger partial charge is 0.325 e. The van der Waals surface area contributed by atoms with Gasteiger partial charge in [0.25, 0.3) is 0 Å². The molecule has 1 aromatic rings. The normalized spacial score (nSPS) is 14.7. The number of likely N-dealkylation sites (N-methyl/N-ethyl adjacent to an activating group) is 1. The molecule has 0 radical (unpaired) electrons. The average Bonchev–Trinajstić information content (AvgIpc) is 2.68. The van der Waals surface area contributed by atoms with Crippen LogP contribution in [0.25, 0.3) is 0 Å². The van der Waals surface area contributed by atoms with Crippen LogP contribution in [-0.4, -0.2) is 64.5 Å². The Morgan fingerprint density at radius 1 is 1.03 bits per heavy atom. The fourth-order valence-electron chi connectivity index (χ4n) is 2.82. The number of piperazine rings is 1. The van der Waals surface area contributed by atoms with Crippen LogP contribution < -0.4 is 14.8 Å². The first kappa shape index (κ1) is 23.8. The molecule has 1 heterocycles. The molecule has 1 fully saturated rings. The minimum Gasteiger partial charge on any atom is -0.423 e. The topological polar surface area (TPSA) is 139 Å². The molecule has 0 spiro atoms. The summed E-state index contributed by atoms with van der Waals surface area (Å²) in [6.07, 6.45) is 0. The van der Waals surface area contributed by atoms with Gasteiger partial charge in [-0.15, -0.1) is 0 Å². The van der Waals surface area contributed by atoms with Crippen LogP contribution in [0.2, 0.25) is 0 Å². The number of nitrogens with zero attached hydrogens (tertiary/aromatic N) is 2. The van der Waals surface area contributed by atoms with Crippen LogP contribution in [0.1, 0.15) is 32.4 Å². The van der Waals surface area contributed by atoms with E-state index in [1.807, 2.05) is 0 Å². The molecular formula is C19H20ClN3O8. The number of imide groups is 1. The fourth-order valence-corrected chi connectivity index (χ4v) is 3.00. The first-order chi connectivity index (χ1) is 14.5. The molecular weight excluding hydrogens is 434 g/mol. The lowest BCUT2D eigenvalue weighted by Crippen LogP contribution is -2.58. The highest BCUT2D eigenvalue weighted by Crippen LogP contribution is 2.32. The Hall–Kier alpha value is -3.47. The highest BCUT2D eigenvalue weighted by Gasteiger charge is 2.37. The molecule has 0 unspecified atom stereocenters. The van der Waals surface area contributed by atoms with Gasteiger partial charge in [0.15, 0.2) is 11.5 Å². The third kappa shape index (κ3) is 5.79. The zero-order chi connectivity index (χ0) is 23.3. The summed E-state index contributed by atoms with van der Waals surface area (Å²) in [5.41, 5.74) is 0.0893. The van der Waals surface area contributed by atoms with Crippen molar-refractivity contribution in [3.63, 3.8) is 0 Å². The van der Waals surface area contributed by atoms with Crippen LogP contribution >= 0.6 is 11.6 Å². The number of nitrogens with one attached hydrogen (secondary N) is 1. The van der Waals surface area contributed by atoms with Gasteiger partial charge >= 0.3 is 29.8 Å². The molecule has 11 nitrogen and oxygen atoms in total. The third-order valence-corrected chi connectivity index (χ3v) is 4.46. The van der Waals surface area contributed by atoms with Crippen molar-refractivity contribution in [2.75, 3.05) is 19.6 Å². The minimum absolute atomic E-state index is 0.0580. The second-order valence-electron chi connectivity index (χ2n) is 6.42. The van der Waals surface area contributed by atoms with E-state index in [9.17, 15) is 28.8 Å². The SMILES string of the molecule is CCN1CCN(C(=O)N[C@@H](C(=O)Cl)c2ccc(OC(C)=O)c(OC(C)=O)c2)C(=O)C1=O. The number of hydrogen-bond acceptors (Lipinski definition) is 8. The molecule has 0 aliphatic carbocycles. The number of ether oxygens (including phenoxy) is 2. The molecule has 1 atom stereocenters. The van der Waals surface area contributed by atoms with Gasteiger partial charge in [0, 0.05) is 33.5 Å². The van der Waals surface area contributed by atoms with Gasteiger partial charge in [0.1, 0.15) is 6.04 Å². The Labute approximate surface area is 182 Å². The number of hydrogen-bond donors (Lipinski definition) is 1. The molecule has 0 bridgehead atoms. The molecule has 1 saturated heterocycles.